The average Bonchev–Trinajstić information content (AvgIpc) is 2.56. The minimum atomic E-state index is -0.929. The van der Waals surface area contributed by atoms with E-state index in [2.05, 4.69) is 10.3 Å². The van der Waals surface area contributed by atoms with Crippen LogP contribution in [0.5, 0.6) is 0 Å². The first kappa shape index (κ1) is 14.8. The van der Waals surface area contributed by atoms with E-state index in [1.54, 1.807) is 12.3 Å². The van der Waals surface area contributed by atoms with Crippen molar-refractivity contribution < 1.29 is 19.2 Å². The standard InChI is InChI=1S/C13H19BN2O4/c1-12(2)13(3,4)20-14(19-12)9-5-6-10(15-7-9)16-8-11(17)18/h5-7H,8H2,1-4H3,(H,15,16)(H,17,18). The maximum Gasteiger partial charge on any atom is 0.496 e. The van der Waals surface area contributed by atoms with Gasteiger partial charge in [0.1, 0.15) is 12.4 Å². The number of carboxylic acids is 1. The van der Waals surface area contributed by atoms with Crippen LogP contribution in [0.3, 0.4) is 0 Å². The number of hydrogen-bond donors (Lipinski definition) is 2. The number of pyridine rings is 1. The fourth-order valence-electron chi connectivity index (χ4n) is 1.79. The summed E-state index contributed by atoms with van der Waals surface area (Å²) in [6.07, 6.45) is 1.63. The maximum atomic E-state index is 10.5. The number of nitrogens with one attached hydrogen (secondary N) is 1. The second kappa shape index (κ2) is 5.07. The minimum absolute atomic E-state index is 0.164. The molecule has 2 rings (SSSR count). The molecule has 108 valence electrons. The number of rotatable bonds is 4. The van der Waals surface area contributed by atoms with Crippen molar-refractivity contribution in [2.24, 2.45) is 0 Å². The molecule has 2 N–H and O–H groups in total. The molecule has 1 aliphatic rings. The Morgan fingerprint density at radius 2 is 1.90 bits per heavy atom. The van der Waals surface area contributed by atoms with Gasteiger partial charge in [0.05, 0.1) is 11.2 Å². The Morgan fingerprint density at radius 3 is 2.35 bits per heavy atom. The monoisotopic (exact) mass is 278 g/mol. The van der Waals surface area contributed by atoms with Gasteiger partial charge in [-0.25, -0.2) is 4.98 Å². The van der Waals surface area contributed by atoms with Crippen LogP contribution in [0.4, 0.5) is 5.82 Å². The van der Waals surface area contributed by atoms with Gasteiger partial charge in [0.2, 0.25) is 0 Å². The molecule has 0 saturated carbocycles. The molecule has 1 aromatic heterocycles. The molecule has 7 heteroatoms. The van der Waals surface area contributed by atoms with Gasteiger partial charge in [0.15, 0.2) is 0 Å². The molecule has 0 amide bonds. The summed E-state index contributed by atoms with van der Waals surface area (Å²) in [5.74, 6) is -0.422. The highest BCUT2D eigenvalue weighted by molar-refractivity contribution is 6.62. The predicted octanol–water partition coefficient (Wildman–Crippen LogP) is 0.877. The molecule has 6 nitrogen and oxygen atoms in total. The average molecular weight is 278 g/mol. The van der Waals surface area contributed by atoms with Gasteiger partial charge in [-0.2, -0.15) is 0 Å². The molecule has 20 heavy (non-hydrogen) atoms. The lowest BCUT2D eigenvalue weighted by molar-refractivity contribution is -0.134. The molecule has 1 aromatic rings. The maximum absolute atomic E-state index is 10.5. The summed E-state index contributed by atoms with van der Waals surface area (Å²) in [7, 11) is -0.457. The first-order chi connectivity index (χ1) is 9.21. The molecule has 0 bridgehead atoms. The zero-order chi connectivity index (χ0) is 15.0. The minimum Gasteiger partial charge on any atom is -0.480 e. The molecule has 0 aromatic carbocycles. The van der Waals surface area contributed by atoms with Crippen molar-refractivity contribution in [1.82, 2.24) is 4.98 Å². The van der Waals surface area contributed by atoms with Crippen molar-refractivity contribution in [3.05, 3.63) is 18.3 Å². The normalized spacial score (nSPS) is 19.9. The van der Waals surface area contributed by atoms with E-state index in [4.69, 9.17) is 14.4 Å². The number of nitrogens with zero attached hydrogens (tertiary/aromatic N) is 1. The highest BCUT2D eigenvalue weighted by Gasteiger charge is 2.51. The fourth-order valence-corrected chi connectivity index (χ4v) is 1.79. The third-order valence-corrected chi connectivity index (χ3v) is 3.73. The predicted molar refractivity (Wildman–Crippen MR) is 76.1 cm³/mol. The van der Waals surface area contributed by atoms with E-state index in [0.717, 1.165) is 5.46 Å². The molecular formula is C13H19BN2O4. The highest BCUT2D eigenvalue weighted by Crippen LogP contribution is 2.36. The molecule has 1 fully saturated rings. The van der Waals surface area contributed by atoms with E-state index in [1.165, 1.54) is 0 Å². The van der Waals surface area contributed by atoms with Crippen molar-refractivity contribution in [1.29, 1.82) is 0 Å². The Hall–Kier alpha value is -1.60. The van der Waals surface area contributed by atoms with Gasteiger partial charge >= 0.3 is 13.1 Å². The third-order valence-electron chi connectivity index (χ3n) is 3.73. The lowest BCUT2D eigenvalue weighted by atomic mass is 9.80. The van der Waals surface area contributed by atoms with Crippen molar-refractivity contribution in [2.75, 3.05) is 11.9 Å². The number of carbonyl (C=O) groups is 1. The van der Waals surface area contributed by atoms with E-state index in [1.807, 2.05) is 33.8 Å². The quantitative estimate of drug-likeness (QED) is 0.796. The zero-order valence-corrected chi connectivity index (χ0v) is 12.1. The molecule has 0 aliphatic carbocycles. The van der Waals surface area contributed by atoms with Crippen LogP contribution in [0.15, 0.2) is 18.3 Å². The van der Waals surface area contributed by atoms with E-state index in [0.29, 0.717) is 5.82 Å². The van der Waals surface area contributed by atoms with Crippen LogP contribution in [0.25, 0.3) is 0 Å². The van der Waals surface area contributed by atoms with Crippen LogP contribution in [0.2, 0.25) is 0 Å². The number of hydrogen-bond acceptors (Lipinski definition) is 5. The van der Waals surface area contributed by atoms with Crippen molar-refractivity contribution in [3.63, 3.8) is 0 Å². The number of aliphatic carboxylic acids is 1. The van der Waals surface area contributed by atoms with Gasteiger partial charge in [-0.05, 0) is 33.8 Å². The lowest BCUT2D eigenvalue weighted by Gasteiger charge is -2.32. The van der Waals surface area contributed by atoms with Crippen molar-refractivity contribution in [2.45, 2.75) is 38.9 Å². The summed E-state index contributed by atoms with van der Waals surface area (Å²) in [4.78, 5) is 14.6. The Morgan fingerprint density at radius 1 is 1.30 bits per heavy atom. The second-order valence-corrected chi connectivity index (χ2v) is 5.81. The highest BCUT2D eigenvalue weighted by atomic mass is 16.7. The molecule has 0 spiro atoms. The molecule has 0 atom stereocenters. The van der Waals surface area contributed by atoms with Gasteiger partial charge in [0.25, 0.3) is 0 Å². The Balaban J connectivity index is 2.06. The third kappa shape index (κ3) is 2.94. The number of carboxylic acid groups (broad SMARTS) is 1. The van der Waals surface area contributed by atoms with Gasteiger partial charge in [0, 0.05) is 11.7 Å². The molecule has 1 aliphatic heterocycles. The molecule has 1 saturated heterocycles. The summed E-state index contributed by atoms with van der Waals surface area (Å²) in [5.41, 5.74) is 0.0278. The van der Waals surface area contributed by atoms with Gasteiger partial charge in [-0.1, -0.05) is 6.07 Å². The molecule has 2 heterocycles. The van der Waals surface area contributed by atoms with Crippen LogP contribution in [0.1, 0.15) is 27.7 Å². The largest absolute Gasteiger partial charge is 0.496 e. The first-order valence-electron chi connectivity index (χ1n) is 6.48. The second-order valence-electron chi connectivity index (χ2n) is 5.81. The summed E-state index contributed by atoms with van der Waals surface area (Å²) in [6, 6.07) is 3.53. The SMILES string of the molecule is CC1(C)OB(c2ccc(NCC(=O)O)nc2)OC1(C)C. The summed E-state index contributed by atoms with van der Waals surface area (Å²) < 4.78 is 11.8. The van der Waals surface area contributed by atoms with Gasteiger partial charge < -0.3 is 19.7 Å². The molecular weight excluding hydrogens is 259 g/mol. The smallest absolute Gasteiger partial charge is 0.480 e. The van der Waals surface area contributed by atoms with Crippen LogP contribution in [-0.4, -0.2) is 40.9 Å². The van der Waals surface area contributed by atoms with Crippen LogP contribution < -0.4 is 10.8 Å². The number of aromatic nitrogens is 1. The van der Waals surface area contributed by atoms with Gasteiger partial charge in [-0.3, -0.25) is 4.79 Å². The van der Waals surface area contributed by atoms with E-state index in [-0.39, 0.29) is 6.54 Å². The topological polar surface area (TPSA) is 80.7 Å². The lowest BCUT2D eigenvalue weighted by Crippen LogP contribution is -2.41. The van der Waals surface area contributed by atoms with Crippen molar-refractivity contribution in [3.8, 4) is 0 Å². The number of anilines is 1. The Kier molecular flexibility index (Phi) is 3.75. The summed E-state index contributed by atoms with van der Waals surface area (Å²) in [5, 5.41) is 11.3. The van der Waals surface area contributed by atoms with Crippen molar-refractivity contribution >= 4 is 24.4 Å². The Labute approximate surface area is 118 Å². The zero-order valence-electron chi connectivity index (χ0n) is 12.1. The Bertz CT molecular complexity index is 486. The summed E-state index contributed by atoms with van der Waals surface area (Å²) >= 11 is 0. The molecule has 0 unspecified atom stereocenters. The van der Waals surface area contributed by atoms with E-state index in [9.17, 15) is 4.79 Å². The van der Waals surface area contributed by atoms with Crippen LogP contribution >= 0.6 is 0 Å². The summed E-state index contributed by atoms with van der Waals surface area (Å²) in [6.45, 7) is 7.79. The van der Waals surface area contributed by atoms with E-state index < -0.39 is 24.3 Å². The van der Waals surface area contributed by atoms with Crippen LogP contribution in [-0.2, 0) is 14.1 Å². The van der Waals surface area contributed by atoms with E-state index >= 15 is 0 Å². The molecule has 0 radical (unpaired) electrons. The van der Waals surface area contributed by atoms with Gasteiger partial charge in [-0.15, -0.1) is 0 Å². The van der Waals surface area contributed by atoms with Crippen LogP contribution in [0, 0.1) is 0 Å². The first-order valence-corrected chi connectivity index (χ1v) is 6.48. The fraction of sp³-hybridized carbons (Fsp3) is 0.538.